The first-order valence-corrected chi connectivity index (χ1v) is 7.46. The van der Waals surface area contributed by atoms with Crippen molar-refractivity contribution < 1.29 is 18.8 Å². The van der Waals surface area contributed by atoms with E-state index in [-0.39, 0.29) is 23.7 Å². The summed E-state index contributed by atoms with van der Waals surface area (Å²) in [5.41, 5.74) is 1.08. The van der Waals surface area contributed by atoms with Gasteiger partial charge in [0.15, 0.2) is 6.61 Å². The Morgan fingerprint density at radius 2 is 1.82 bits per heavy atom. The van der Waals surface area contributed by atoms with Gasteiger partial charge in [-0.2, -0.15) is 0 Å². The number of nitrogens with one attached hydrogen (secondary N) is 1. The Kier molecular flexibility index (Phi) is 4.54. The van der Waals surface area contributed by atoms with Gasteiger partial charge in [-0.05, 0) is 51.7 Å². The fraction of sp³-hybridized carbons (Fsp3) is 0.562. The monoisotopic (exact) mass is 305 g/mol. The van der Waals surface area contributed by atoms with Gasteiger partial charge in [0, 0.05) is 7.05 Å². The Balaban J connectivity index is 2.18. The van der Waals surface area contributed by atoms with E-state index < -0.39 is 7.12 Å². The maximum absolute atomic E-state index is 11.3. The van der Waals surface area contributed by atoms with Crippen molar-refractivity contribution in [2.24, 2.45) is 0 Å². The fourth-order valence-corrected chi connectivity index (χ4v) is 2.11. The molecule has 2 rings (SSSR count). The molecule has 0 unspecified atom stereocenters. The largest absolute Gasteiger partial charge is 0.494 e. The topological polar surface area (TPSA) is 56.8 Å². The van der Waals surface area contributed by atoms with E-state index in [1.807, 2.05) is 52.8 Å². The van der Waals surface area contributed by atoms with Gasteiger partial charge in [0.25, 0.3) is 5.91 Å². The summed E-state index contributed by atoms with van der Waals surface area (Å²) in [6.45, 7) is 10.0. The van der Waals surface area contributed by atoms with E-state index >= 15 is 0 Å². The zero-order valence-corrected chi connectivity index (χ0v) is 14.1. The van der Waals surface area contributed by atoms with Crippen LogP contribution in [0.1, 0.15) is 33.3 Å². The third-order valence-electron chi connectivity index (χ3n) is 4.38. The van der Waals surface area contributed by atoms with Crippen LogP contribution < -0.4 is 15.5 Å². The molecule has 0 aliphatic carbocycles. The predicted molar refractivity (Wildman–Crippen MR) is 86.5 cm³/mol. The van der Waals surface area contributed by atoms with Crippen LogP contribution >= 0.6 is 0 Å². The van der Waals surface area contributed by atoms with Crippen LogP contribution in [0.2, 0.25) is 0 Å². The normalized spacial score (nSPS) is 19.1. The molecule has 1 amide bonds. The lowest BCUT2D eigenvalue weighted by atomic mass is 9.78. The SMILES string of the molecule is CNC(=O)COc1cc(B2OC(C)(C)C(C)(C)O2)ccc1C. The number of rotatable bonds is 4. The van der Waals surface area contributed by atoms with Crippen LogP contribution in [-0.4, -0.2) is 37.9 Å². The third-order valence-corrected chi connectivity index (χ3v) is 4.38. The summed E-state index contributed by atoms with van der Waals surface area (Å²) < 4.78 is 17.6. The number of likely N-dealkylation sites (N-methyl/N-ethyl adjacent to an activating group) is 1. The lowest BCUT2D eigenvalue weighted by Crippen LogP contribution is -2.41. The van der Waals surface area contributed by atoms with Crippen LogP contribution in [0.4, 0.5) is 0 Å². The van der Waals surface area contributed by atoms with Gasteiger partial charge in [-0.1, -0.05) is 12.1 Å². The van der Waals surface area contributed by atoms with Crippen molar-refractivity contribution in [3.05, 3.63) is 23.8 Å². The standard InChI is InChI=1S/C16H24BNO4/c1-11-7-8-12(9-13(11)20-10-14(19)18-6)17-21-15(2,3)16(4,5)22-17/h7-9H,10H2,1-6H3,(H,18,19). The highest BCUT2D eigenvalue weighted by atomic mass is 16.7. The molecule has 1 fully saturated rings. The van der Waals surface area contributed by atoms with Crippen LogP contribution in [0.5, 0.6) is 5.75 Å². The number of aryl methyl sites for hydroxylation is 1. The highest BCUT2D eigenvalue weighted by Gasteiger charge is 2.51. The number of hydrogen-bond donors (Lipinski definition) is 1. The van der Waals surface area contributed by atoms with Gasteiger partial charge in [-0.25, -0.2) is 0 Å². The van der Waals surface area contributed by atoms with Crippen LogP contribution in [-0.2, 0) is 14.1 Å². The Bertz CT molecular complexity index is 555. The van der Waals surface area contributed by atoms with Crippen LogP contribution in [0.15, 0.2) is 18.2 Å². The molecule has 0 saturated carbocycles. The molecule has 0 atom stereocenters. The second-order valence-corrected chi connectivity index (χ2v) is 6.58. The molecular weight excluding hydrogens is 281 g/mol. The Morgan fingerprint density at radius 3 is 2.36 bits per heavy atom. The summed E-state index contributed by atoms with van der Waals surface area (Å²) in [4.78, 5) is 11.3. The van der Waals surface area contributed by atoms with Crippen LogP contribution in [0.25, 0.3) is 0 Å². The van der Waals surface area contributed by atoms with Gasteiger partial charge < -0.3 is 19.4 Å². The first kappa shape index (κ1) is 16.8. The second-order valence-electron chi connectivity index (χ2n) is 6.58. The number of amides is 1. The smallest absolute Gasteiger partial charge is 0.484 e. The van der Waals surface area contributed by atoms with E-state index in [2.05, 4.69) is 5.32 Å². The van der Waals surface area contributed by atoms with Crippen molar-refractivity contribution in [3.63, 3.8) is 0 Å². The number of carbonyl (C=O) groups is 1. The van der Waals surface area contributed by atoms with E-state index in [1.165, 1.54) is 0 Å². The molecule has 0 radical (unpaired) electrons. The number of carbonyl (C=O) groups excluding carboxylic acids is 1. The van der Waals surface area contributed by atoms with Gasteiger partial charge in [0.1, 0.15) is 5.75 Å². The zero-order valence-electron chi connectivity index (χ0n) is 14.1. The van der Waals surface area contributed by atoms with Crippen molar-refractivity contribution in [1.29, 1.82) is 0 Å². The Morgan fingerprint density at radius 1 is 1.23 bits per heavy atom. The Labute approximate surface area is 132 Å². The molecule has 120 valence electrons. The molecule has 1 aromatic rings. The molecule has 0 aromatic heterocycles. The average molecular weight is 305 g/mol. The molecular formula is C16H24BNO4. The first-order valence-electron chi connectivity index (χ1n) is 7.46. The van der Waals surface area contributed by atoms with Gasteiger partial charge in [-0.15, -0.1) is 0 Å². The van der Waals surface area contributed by atoms with E-state index in [9.17, 15) is 4.79 Å². The second kappa shape index (κ2) is 5.93. The summed E-state index contributed by atoms with van der Waals surface area (Å²) in [5, 5.41) is 2.53. The minimum absolute atomic E-state index is 0.00976. The molecule has 1 aliphatic heterocycles. The summed E-state index contributed by atoms with van der Waals surface area (Å²) in [7, 11) is 1.15. The van der Waals surface area contributed by atoms with Crippen LogP contribution in [0, 0.1) is 6.92 Å². The highest BCUT2D eigenvalue weighted by molar-refractivity contribution is 6.62. The molecule has 1 saturated heterocycles. The van der Waals surface area contributed by atoms with E-state index in [4.69, 9.17) is 14.0 Å². The summed E-state index contributed by atoms with van der Waals surface area (Å²) >= 11 is 0. The van der Waals surface area contributed by atoms with E-state index in [0.717, 1.165) is 11.0 Å². The molecule has 0 spiro atoms. The third kappa shape index (κ3) is 3.28. The zero-order chi connectivity index (χ0) is 16.5. The number of benzene rings is 1. The predicted octanol–water partition coefficient (Wildman–Crippen LogP) is 1.42. The quantitative estimate of drug-likeness (QED) is 0.855. The van der Waals surface area contributed by atoms with Crippen LogP contribution in [0.3, 0.4) is 0 Å². The van der Waals surface area contributed by atoms with Crippen molar-refractivity contribution in [3.8, 4) is 5.75 Å². The lowest BCUT2D eigenvalue weighted by molar-refractivity contribution is -0.122. The molecule has 6 heteroatoms. The molecule has 1 heterocycles. The maximum Gasteiger partial charge on any atom is 0.494 e. The van der Waals surface area contributed by atoms with Gasteiger partial charge in [0.05, 0.1) is 11.2 Å². The van der Waals surface area contributed by atoms with E-state index in [0.29, 0.717) is 5.75 Å². The summed E-state index contributed by atoms with van der Waals surface area (Å²) in [6, 6.07) is 5.78. The summed E-state index contributed by atoms with van der Waals surface area (Å²) in [6.07, 6.45) is 0. The fourth-order valence-electron chi connectivity index (χ4n) is 2.11. The molecule has 1 aliphatic rings. The average Bonchev–Trinajstić information content (AvgIpc) is 2.66. The van der Waals surface area contributed by atoms with Gasteiger partial charge >= 0.3 is 7.12 Å². The van der Waals surface area contributed by atoms with Gasteiger partial charge in [0.2, 0.25) is 0 Å². The molecule has 1 N–H and O–H groups in total. The highest BCUT2D eigenvalue weighted by Crippen LogP contribution is 2.36. The Hall–Kier alpha value is -1.53. The van der Waals surface area contributed by atoms with Crippen molar-refractivity contribution in [2.45, 2.75) is 45.8 Å². The number of hydrogen-bond acceptors (Lipinski definition) is 4. The van der Waals surface area contributed by atoms with Crippen molar-refractivity contribution >= 4 is 18.5 Å². The molecule has 5 nitrogen and oxygen atoms in total. The first-order chi connectivity index (χ1) is 10.2. The minimum atomic E-state index is -0.437. The number of ether oxygens (including phenoxy) is 1. The van der Waals surface area contributed by atoms with Crippen molar-refractivity contribution in [2.75, 3.05) is 13.7 Å². The lowest BCUT2D eigenvalue weighted by Gasteiger charge is -2.32. The van der Waals surface area contributed by atoms with Gasteiger partial charge in [-0.3, -0.25) is 4.79 Å². The summed E-state index contributed by atoms with van der Waals surface area (Å²) in [5.74, 6) is 0.497. The molecule has 1 aromatic carbocycles. The van der Waals surface area contributed by atoms with Crippen molar-refractivity contribution in [1.82, 2.24) is 5.32 Å². The molecule has 22 heavy (non-hydrogen) atoms. The minimum Gasteiger partial charge on any atom is -0.484 e. The maximum atomic E-state index is 11.3. The molecule has 0 bridgehead atoms. The van der Waals surface area contributed by atoms with E-state index in [1.54, 1.807) is 7.05 Å².